The number of benzene rings is 1. The van der Waals surface area contributed by atoms with E-state index in [4.69, 9.17) is 5.73 Å². The number of hydrogen-bond donors (Lipinski definition) is 2. The molecule has 0 spiro atoms. The van der Waals surface area contributed by atoms with Gasteiger partial charge in [-0.05, 0) is 35.4 Å². The number of carbonyl (C=O) groups excluding carboxylic acids is 1. The van der Waals surface area contributed by atoms with Gasteiger partial charge in [0.2, 0.25) is 5.91 Å². The van der Waals surface area contributed by atoms with Crippen LogP contribution in [0.5, 0.6) is 0 Å². The molecule has 1 aliphatic carbocycles. The molecule has 98 valence electrons. The fourth-order valence-corrected chi connectivity index (χ4v) is 3.01. The van der Waals surface area contributed by atoms with Crippen LogP contribution in [0.2, 0.25) is 0 Å². The number of nitrogens with one attached hydrogen (secondary N) is 1. The van der Waals surface area contributed by atoms with Gasteiger partial charge in [0.25, 0.3) is 0 Å². The van der Waals surface area contributed by atoms with Crippen LogP contribution in [0, 0.1) is 12.8 Å². The van der Waals surface area contributed by atoms with E-state index in [2.05, 4.69) is 31.3 Å². The summed E-state index contributed by atoms with van der Waals surface area (Å²) in [5.41, 5.74) is 10.9. The third kappa shape index (κ3) is 1.98. The van der Waals surface area contributed by atoms with Gasteiger partial charge in [-0.15, -0.1) is 0 Å². The number of rotatable bonds is 2. The minimum Gasteiger partial charge on any atom is -0.398 e. The van der Waals surface area contributed by atoms with Crippen molar-refractivity contribution in [3.8, 4) is 0 Å². The molecule has 3 atom stereocenters. The van der Waals surface area contributed by atoms with Crippen molar-refractivity contribution in [3.63, 3.8) is 0 Å². The summed E-state index contributed by atoms with van der Waals surface area (Å²) in [5, 5.41) is 2.93. The standard InChI is InChI=1S/C15H22N2O/c1-8-5-6-12-9(2)10(3)13(7-17-11(4)18)14(12)15(8)16/h5-6,9-10,13H,7,16H2,1-4H3,(H,17,18). The highest BCUT2D eigenvalue weighted by Crippen LogP contribution is 2.48. The predicted molar refractivity (Wildman–Crippen MR) is 74.6 cm³/mol. The van der Waals surface area contributed by atoms with Crippen LogP contribution in [0.1, 0.15) is 49.3 Å². The highest BCUT2D eigenvalue weighted by molar-refractivity contribution is 5.73. The lowest BCUT2D eigenvalue weighted by Gasteiger charge is -2.20. The summed E-state index contributed by atoms with van der Waals surface area (Å²) in [6.45, 7) is 8.77. The molecule has 3 heteroatoms. The molecule has 0 radical (unpaired) electrons. The predicted octanol–water partition coefficient (Wildman–Crippen LogP) is 2.55. The van der Waals surface area contributed by atoms with E-state index >= 15 is 0 Å². The summed E-state index contributed by atoms with van der Waals surface area (Å²) < 4.78 is 0. The number of fused-ring (bicyclic) bond motifs is 1. The first-order valence-electron chi connectivity index (χ1n) is 6.56. The normalized spacial score (nSPS) is 25.9. The van der Waals surface area contributed by atoms with Crippen molar-refractivity contribution in [3.05, 3.63) is 28.8 Å². The lowest BCUT2D eigenvalue weighted by Crippen LogP contribution is -2.28. The zero-order valence-electron chi connectivity index (χ0n) is 11.6. The van der Waals surface area contributed by atoms with Crippen molar-refractivity contribution in [2.75, 3.05) is 12.3 Å². The number of nitrogen functional groups attached to an aromatic ring is 1. The average Bonchev–Trinajstić information content (AvgIpc) is 2.55. The van der Waals surface area contributed by atoms with E-state index in [1.807, 2.05) is 6.92 Å². The van der Waals surface area contributed by atoms with E-state index in [1.165, 1.54) is 11.1 Å². The quantitative estimate of drug-likeness (QED) is 0.788. The Hall–Kier alpha value is -1.51. The number of anilines is 1. The van der Waals surface area contributed by atoms with Gasteiger partial charge in [0.05, 0.1) is 0 Å². The molecule has 0 bridgehead atoms. The Kier molecular flexibility index (Phi) is 3.33. The second kappa shape index (κ2) is 4.63. The number of carbonyl (C=O) groups is 1. The van der Waals surface area contributed by atoms with Gasteiger partial charge in [0.15, 0.2) is 0 Å². The third-order valence-electron chi connectivity index (χ3n) is 4.39. The average molecular weight is 246 g/mol. The van der Waals surface area contributed by atoms with E-state index in [0.29, 0.717) is 24.3 Å². The SMILES string of the molecule is CC(=O)NCC1c2c(ccc(C)c2N)C(C)C1C. The van der Waals surface area contributed by atoms with Crippen LogP contribution in [-0.2, 0) is 4.79 Å². The topological polar surface area (TPSA) is 55.1 Å². The third-order valence-corrected chi connectivity index (χ3v) is 4.39. The molecule has 1 aliphatic rings. The van der Waals surface area contributed by atoms with Gasteiger partial charge in [0, 0.05) is 25.1 Å². The molecule has 3 unspecified atom stereocenters. The summed E-state index contributed by atoms with van der Waals surface area (Å²) >= 11 is 0. The van der Waals surface area contributed by atoms with Crippen molar-refractivity contribution < 1.29 is 4.79 Å². The van der Waals surface area contributed by atoms with Crippen LogP contribution in [0.15, 0.2) is 12.1 Å². The maximum Gasteiger partial charge on any atom is 0.216 e. The number of nitrogens with two attached hydrogens (primary N) is 1. The van der Waals surface area contributed by atoms with Gasteiger partial charge >= 0.3 is 0 Å². The maximum absolute atomic E-state index is 11.1. The first kappa shape index (κ1) is 12.9. The first-order chi connectivity index (χ1) is 8.43. The summed E-state index contributed by atoms with van der Waals surface area (Å²) in [7, 11) is 0. The van der Waals surface area contributed by atoms with Gasteiger partial charge in [-0.1, -0.05) is 26.0 Å². The molecule has 0 aliphatic heterocycles. The van der Waals surface area contributed by atoms with Crippen LogP contribution in [0.4, 0.5) is 5.69 Å². The van der Waals surface area contributed by atoms with Crippen LogP contribution in [0.25, 0.3) is 0 Å². The van der Waals surface area contributed by atoms with E-state index in [1.54, 1.807) is 6.92 Å². The Morgan fingerprint density at radius 2 is 2.06 bits per heavy atom. The van der Waals surface area contributed by atoms with E-state index in [0.717, 1.165) is 11.3 Å². The Balaban J connectivity index is 2.39. The van der Waals surface area contributed by atoms with Crippen LogP contribution >= 0.6 is 0 Å². The van der Waals surface area contributed by atoms with Crippen molar-refractivity contribution in [2.45, 2.75) is 39.5 Å². The highest BCUT2D eigenvalue weighted by atomic mass is 16.1. The summed E-state index contributed by atoms with van der Waals surface area (Å²) in [4.78, 5) is 11.1. The smallest absolute Gasteiger partial charge is 0.216 e. The summed E-state index contributed by atoms with van der Waals surface area (Å²) in [5.74, 6) is 1.37. The Bertz CT molecular complexity index is 482. The summed E-state index contributed by atoms with van der Waals surface area (Å²) in [6, 6.07) is 4.29. The van der Waals surface area contributed by atoms with Crippen LogP contribution in [-0.4, -0.2) is 12.5 Å². The van der Waals surface area contributed by atoms with Crippen LogP contribution in [0.3, 0.4) is 0 Å². The van der Waals surface area contributed by atoms with Gasteiger partial charge < -0.3 is 11.1 Å². The van der Waals surface area contributed by atoms with Gasteiger partial charge in [-0.25, -0.2) is 0 Å². The molecule has 1 aromatic rings. The van der Waals surface area contributed by atoms with Crippen molar-refractivity contribution in [2.24, 2.45) is 5.92 Å². The monoisotopic (exact) mass is 246 g/mol. The number of hydrogen-bond acceptors (Lipinski definition) is 2. The van der Waals surface area contributed by atoms with E-state index in [9.17, 15) is 4.79 Å². The fourth-order valence-electron chi connectivity index (χ4n) is 3.01. The minimum atomic E-state index is 0.0227. The fraction of sp³-hybridized carbons (Fsp3) is 0.533. The molecule has 0 fully saturated rings. The molecule has 3 nitrogen and oxygen atoms in total. The molecule has 1 amide bonds. The molecular formula is C15H22N2O. The van der Waals surface area contributed by atoms with Gasteiger partial charge in [-0.3, -0.25) is 4.79 Å². The molecular weight excluding hydrogens is 224 g/mol. The van der Waals surface area contributed by atoms with E-state index in [-0.39, 0.29) is 5.91 Å². The molecule has 18 heavy (non-hydrogen) atoms. The Labute approximate surface area is 109 Å². The Morgan fingerprint density at radius 1 is 1.39 bits per heavy atom. The molecule has 3 N–H and O–H groups in total. The Morgan fingerprint density at radius 3 is 2.67 bits per heavy atom. The molecule has 1 aromatic carbocycles. The molecule has 0 aromatic heterocycles. The maximum atomic E-state index is 11.1. The lowest BCUT2D eigenvalue weighted by molar-refractivity contribution is -0.119. The van der Waals surface area contributed by atoms with Crippen molar-refractivity contribution in [1.82, 2.24) is 5.32 Å². The first-order valence-corrected chi connectivity index (χ1v) is 6.56. The largest absolute Gasteiger partial charge is 0.398 e. The molecule has 0 saturated carbocycles. The molecule has 0 heterocycles. The van der Waals surface area contributed by atoms with Crippen molar-refractivity contribution >= 4 is 11.6 Å². The second-order valence-electron chi connectivity index (χ2n) is 5.49. The van der Waals surface area contributed by atoms with Crippen molar-refractivity contribution in [1.29, 1.82) is 0 Å². The minimum absolute atomic E-state index is 0.0227. The zero-order chi connectivity index (χ0) is 13.4. The summed E-state index contributed by atoms with van der Waals surface area (Å²) in [6.07, 6.45) is 0. The molecule has 2 rings (SSSR count). The zero-order valence-corrected chi connectivity index (χ0v) is 11.6. The molecule has 0 saturated heterocycles. The van der Waals surface area contributed by atoms with Gasteiger partial charge in [0.1, 0.15) is 0 Å². The van der Waals surface area contributed by atoms with Crippen LogP contribution < -0.4 is 11.1 Å². The van der Waals surface area contributed by atoms with E-state index < -0.39 is 0 Å². The second-order valence-corrected chi connectivity index (χ2v) is 5.49. The van der Waals surface area contributed by atoms with Gasteiger partial charge in [-0.2, -0.15) is 0 Å². The lowest BCUT2D eigenvalue weighted by atomic mass is 9.89. The number of amides is 1. The highest BCUT2D eigenvalue weighted by Gasteiger charge is 2.36. The number of aryl methyl sites for hydroxylation is 1.